The van der Waals surface area contributed by atoms with Crippen LogP contribution in [0.3, 0.4) is 0 Å². The molecule has 1 fully saturated rings. The Morgan fingerprint density at radius 1 is 1.00 bits per heavy atom. The van der Waals surface area contributed by atoms with E-state index in [4.69, 9.17) is 0 Å². The second-order valence-electron chi connectivity index (χ2n) is 6.90. The number of halogens is 2. The van der Waals surface area contributed by atoms with Crippen LogP contribution in [0.15, 0.2) is 54.6 Å². The summed E-state index contributed by atoms with van der Waals surface area (Å²) in [5.74, 6) is -1.32. The van der Waals surface area contributed by atoms with Crippen molar-refractivity contribution in [1.29, 1.82) is 0 Å². The lowest BCUT2D eigenvalue weighted by Crippen LogP contribution is -3.17. The minimum absolute atomic E-state index is 0.129. The lowest BCUT2D eigenvalue weighted by atomic mass is 9.98. The van der Waals surface area contributed by atoms with E-state index in [0.717, 1.165) is 27.4 Å². The topological polar surface area (TPSA) is 41.8 Å². The smallest absolute Gasteiger partial charge is 0.292 e. The number of carbonyl (C=O) groups is 2. The summed E-state index contributed by atoms with van der Waals surface area (Å²) in [6.07, 6.45) is 2.93. The lowest BCUT2D eigenvalue weighted by molar-refractivity contribution is -0.909. The standard InChI is InChI=1S/C21H18F2N2O2/c22-16-6-4-14(5-7-16)15-8-10-24(11-9-15)19-13-20(26)25(21(19)27)18-3-1-2-17(23)12-18/h1-8,12,19H,9-11,13H2/p+1/t19-/m0/s1. The van der Waals surface area contributed by atoms with Crippen LogP contribution in [0.25, 0.3) is 5.57 Å². The van der Waals surface area contributed by atoms with E-state index in [1.165, 1.54) is 30.3 Å². The average Bonchev–Trinajstić information content (AvgIpc) is 2.97. The van der Waals surface area contributed by atoms with Crippen LogP contribution in [0, 0.1) is 11.6 Å². The highest BCUT2D eigenvalue weighted by Crippen LogP contribution is 2.24. The fourth-order valence-corrected chi connectivity index (χ4v) is 3.83. The number of nitrogens with zero attached hydrogens (tertiary/aromatic N) is 1. The van der Waals surface area contributed by atoms with Crippen LogP contribution in [0.1, 0.15) is 18.4 Å². The molecule has 6 heteroatoms. The third-order valence-corrected chi connectivity index (χ3v) is 5.25. The molecule has 0 radical (unpaired) electrons. The van der Waals surface area contributed by atoms with Gasteiger partial charge in [-0.25, -0.2) is 13.7 Å². The number of rotatable bonds is 3. The second-order valence-corrected chi connectivity index (χ2v) is 6.90. The van der Waals surface area contributed by atoms with Crippen molar-refractivity contribution in [1.82, 2.24) is 0 Å². The van der Waals surface area contributed by atoms with Gasteiger partial charge in [-0.05, 0) is 47.5 Å². The molecule has 0 aromatic heterocycles. The molecule has 0 spiro atoms. The number of carbonyl (C=O) groups excluding carboxylic acids is 2. The summed E-state index contributed by atoms with van der Waals surface area (Å²) in [6, 6.07) is 11.5. The minimum Gasteiger partial charge on any atom is -0.321 e. The Balaban J connectivity index is 1.49. The Morgan fingerprint density at radius 2 is 1.78 bits per heavy atom. The Bertz CT molecular complexity index is 924. The van der Waals surface area contributed by atoms with Gasteiger partial charge in [0.25, 0.3) is 5.91 Å². The predicted molar refractivity (Wildman–Crippen MR) is 97.0 cm³/mol. The number of hydrogen-bond donors (Lipinski definition) is 1. The SMILES string of the molecule is O=C1C[C@H]([NH+]2CC=C(c3ccc(F)cc3)CC2)C(=O)N1c1cccc(F)c1. The molecule has 2 heterocycles. The highest BCUT2D eigenvalue weighted by molar-refractivity contribution is 6.21. The molecule has 138 valence electrons. The normalized spacial score (nSPS) is 22.9. The van der Waals surface area contributed by atoms with Crippen LogP contribution in [0.4, 0.5) is 14.5 Å². The first kappa shape index (κ1) is 17.5. The van der Waals surface area contributed by atoms with E-state index in [1.807, 2.05) is 0 Å². The zero-order valence-electron chi connectivity index (χ0n) is 14.6. The number of amides is 2. The van der Waals surface area contributed by atoms with Gasteiger partial charge < -0.3 is 4.90 Å². The van der Waals surface area contributed by atoms with Crippen molar-refractivity contribution in [3.8, 4) is 0 Å². The molecule has 1 unspecified atom stereocenters. The fourth-order valence-electron chi connectivity index (χ4n) is 3.83. The molecule has 1 N–H and O–H groups in total. The first-order chi connectivity index (χ1) is 13.0. The summed E-state index contributed by atoms with van der Waals surface area (Å²) in [5.41, 5.74) is 2.38. The van der Waals surface area contributed by atoms with Crippen molar-refractivity contribution in [2.75, 3.05) is 18.0 Å². The van der Waals surface area contributed by atoms with Crippen LogP contribution in [-0.2, 0) is 9.59 Å². The third-order valence-electron chi connectivity index (χ3n) is 5.25. The number of anilines is 1. The van der Waals surface area contributed by atoms with Gasteiger partial charge >= 0.3 is 0 Å². The number of quaternary nitrogens is 1. The van der Waals surface area contributed by atoms with Gasteiger partial charge in [0.2, 0.25) is 5.91 Å². The molecule has 27 heavy (non-hydrogen) atoms. The molecule has 0 aliphatic carbocycles. The average molecular weight is 369 g/mol. The van der Waals surface area contributed by atoms with Gasteiger partial charge in [-0.1, -0.05) is 18.2 Å². The van der Waals surface area contributed by atoms with Crippen molar-refractivity contribution in [2.24, 2.45) is 0 Å². The molecule has 0 bridgehead atoms. The van der Waals surface area contributed by atoms with Crippen LogP contribution < -0.4 is 9.80 Å². The van der Waals surface area contributed by atoms with Crippen molar-refractivity contribution in [3.63, 3.8) is 0 Å². The number of hydrogen-bond acceptors (Lipinski definition) is 2. The van der Waals surface area contributed by atoms with Crippen molar-refractivity contribution >= 4 is 23.1 Å². The molecular weight excluding hydrogens is 350 g/mol. The molecule has 2 amide bonds. The maximum Gasteiger partial charge on any atom is 0.292 e. The minimum atomic E-state index is -0.478. The molecule has 2 aromatic rings. The Kier molecular flexibility index (Phi) is 4.58. The predicted octanol–water partition coefficient (Wildman–Crippen LogP) is 1.97. The summed E-state index contributed by atoms with van der Waals surface area (Å²) in [4.78, 5) is 27.3. The Morgan fingerprint density at radius 3 is 2.44 bits per heavy atom. The maximum atomic E-state index is 13.5. The Hall–Kier alpha value is -2.86. The first-order valence-corrected chi connectivity index (χ1v) is 8.95. The summed E-state index contributed by atoms with van der Waals surface area (Å²) in [5, 5.41) is 0. The highest BCUT2D eigenvalue weighted by atomic mass is 19.1. The number of nitrogens with one attached hydrogen (secondary N) is 1. The summed E-state index contributed by atoms with van der Waals surface area (Å²) in [7, 11) is 0. The second kappa shape index (κ2) is 7.04. The largest absolute Gasteiger partial charge is 0.321 e. The van der Waals surface area contributed by atoms with Crippen LogP contribution >= 0.6 is 0 Å². The van der Waals surface area contributed by atoms with Crippen molar-refractivity contribution in [3.05, 3.63) is 71.8 Å². The van der Waals surface area contributed by atoms with Crippen LogP contribution in [0.5, 0.6) is 0 Å². The molecule has 4 rings (SSSR count). The number of benzene rings is 2. The van der Waals surface area contributed by atoms with E-state index >= 15 is 0 Å². The van der Waals surface area contributed by atoms with Gasteiger partial charge in [0.05, 0.1) is 25.2 Å². The number of imide groups is 1. The van der Waals surface area contributed by atoms with E-state index in [9.17, 15) is 18.4 Å². The maximum absolute atomic E-state index is 13.5. The van der Waals surface area contributed by atoms with E-state index in [-0.39, 0.29) is 29.7 Å². The zero-order valence-corrected chi connectivity index (χ0v) is 14.6. The van der Waals surface area contributed by atoms with Gasteiger partial charge in [-0.2, -0.15) is 0 Å². The van der Waals surface area contributed by atoms with Gasteiger partial charge in [-0.15, -0.1) is 0 Å². The zero-order chi connectivity index (χ0) is 19.0. The van der Waals surface area contributed by atoms with Crippen LogP contribution in [0.2, 0.25) is 0 Å². The van der Waals surface area contributed by atoms with Crippen molar-refractivity contribution < 1.29 is 23.3 Å². The molecule has 0 saturated carbocycles. The molecular formula is C21H19F2N2O2+. The monoisotopic (exact) mass is 369 g/mol. The summed E-state index contributed by atoms with van der Waals surface area (Å²) in [6.45, 7) is 1.33. The summed E-state index contributed by atoms with van der Waals surface area (Å²) < 4.78 is 26.6. The van der Waals surface area contributed by atoms with Gasteiger partial charge in [-0.3, -0.25) is 9.59 Å². The van der Waals surface area contributed by atoms with E-state index in [0.29, 0.717) is 13.1 Å². The third kappa shape index (κ3) is 3.40. The lowest BCUT2D eigenvalue weighted by Gasteiger charge is -2.27. The quantitative estimate of drug-likeness (QED) is 0.841. The highest BCUT2D eigenvalue weighted by Gasteiger charge is 2.46. The van der Waals surface area contributed by atoms with Gasteiger partial charge in [0.1, 0.15) is 11.6 Å². The molecule has 2 atom stereocenters. The first-order valence-electron chi connectivity index (χ1n) is 8.95. The van der Waals surface area contributed by atoms with E-state index < -0.39 is 11.9 Å². The molecule has 2 aliphatic heterocycles. The summed E-state index contributed by atoms with van der Waals surface area (Å²) >= 11 is 0. The van der Waals surface area contributed by atoms with Crippen LogP contribution in [-0.4, -0.2) is 30.9 Å². The molecule has 2 aliphatic rings. The Labute approximate surface area is 155 Å². The fraction of sp³-hybridized carbons (Fsp3) is 0.238. The van der Waals surface area contributed by atoms with E-state index in [1.54, 1.807) is 18.2 Å². The molecule has 1 saturated heterocycles. The van der Waals surface area contributed by atoms with Gasteiger partial charge in [0, 0.05) is 6.42 Å². The molecule has 2 aromatic carbocycles. The molecule has 4 nitrogen and oxygen atoms in total. The van der Waals surface area contributed by atoms with Crippen molar-refractivity contribution in [2.45, 2.75) is 18.9 Å². The van der Waals surface area contributed by atoms with E-state index in [2.05, 4.69) is 6.08 Å². The van der Waals surface area contributed by atoms with Gasteiger partial charge in [0.15, 0.2) is 6.04 Å².